The van der Waals surface area contributed by atoms with Crippen LogP contribution >= 0.6 is 0 Å². The van der Waals surface area contributed by atoms with Crippen molar-refractivity contribution in [2.75, 3.05) is 5.32 Å². The van der Waals surface area contributed by atoms with Crippen LogP contribution in [0, 0.1) is 20.8 Å². The molecule has 0 saturated carbocycles. The molecule has 3 rings (SSSR count). The molecule has 0 fully saturated rings. The molecular formula is C35H45N3O4. The average molecular weight is 572 g/mol. The highest BCUT2D eigenvalue weighted by Gasteiger charge is 2.42. The third-order valence-electron chi connectivity index (χ3n) is 6.83. The molecule has 2 N–H and O–H groups in total. The van der Waals surface area contributed by atoms with Crippen LogP contribution in [0.4, 0.5) is 10.5 Å². The summed E-state index contributed by atoms with van der Waals surface area (Å²) in [6.07, 6.45) is -0.470. The molecule has 2 atom stereocenters. The van der Waals surface area contributed by atoms with Crippen molar-refractivity contribution >= 4 is 23.6 Å². The molecule has 3 aromatic rings. The molecule has 3 aromatic carbocycles. The maximum absolute atomic E-state index is 14.7. The summed E-state index contributed by atoms with van der Waals surface area (Å²) in [6.45, 7) is 16.8. The van der Waals surface area contributed by atoms with E-state index in [4.69, 9.17) is 4.74 Å². The van der Waals surface area contributed by atoms with Gasteiger partial charge in [-0.1, -0.05) is 78.4 Å². The molecule has 0 bridgehead atoms. The lowest BCUT2D eigenvalue weighted by atomic mass is 9.93. The first-order chi connectivity index (χ1) is 19.6. The number of aryl methyl sites for hydroxylation is 3. The van der Waals surface area contributed by atoms with Crippen LogP contribution in [0.2, 0.25) is 0 Å². The second-order valence-corrected chi connectivity index (χ2v) is 12.8. The van der Waals surface area contributed by atoms with Gasteiger partial charge in [-0.25, -0.2) is 4.79 Å². The van der Waals surface area contributed by atoms with Crippen molar-refractivity contribution < 1.29 is 19.1 Å². The maximum atomic E-state index is 14.7. The molecule has 0 spiro atoms. The van der Waals surface area contributed by atoms with Crippen molar-refractivity contribution in [3.05, 3.63) is 101 Å². The van der Waals surface area contributed by atoms with Crippen LogP contribution in [-0.2, 0) is 20.7 Å². The van der Waals surface area contributed by atoms with Gasteiger partial charge in [0.25, 0.3) is 5.91 Å². The number of rotatable bonds is 8. The number of amides is 3. The number of carbonyl (C=O) groups is 3. The standard InChI is InChI=1S/C35H45N3O4/c1-23-15-13-20-27(21-23)30(31(39)37-29-24(2)16-14-17-25(29)3)38(34(4,5)6)32(40)28(22-26-18-11-10-12-19-26)36-33(41)42-35(7,8)9/h10-21,28,30H,22H2,1-9H3,(H,36,41)(H,37,39). The van der Waals surface area contributed by atoms with Crippen molar-refractivity contribution in [2.24, 2.45) is 0 Å². The van der Waals surface area contributed by atoms with Gasteiger partial charge in [-0.15, -0.1) is 0 Å². The average Bonchev–Trinajstić information content (AvgIpc) is 2.87. The summed E-state index contributed by atoms with van der Waals surface area (Å²) in [5.41, 5.74) is 3.53. The maximum Gasteiger partial charge on any atom is 0.408 e. The molecule has 0 heterocycles. The van der Waals surface area contributed by atoms with Crippen molar-refractivity contribution in [1.29, 1.82) is 0 Å². The largest absolute Gasteiger partial charge is 0.444 e. The second-order valence-electron chi connectivity index (χ2n) is 12.8. The lowest BCUT2D eigenvalue weighted by molar-refractivity contribution is -0.146. The van der Waals surface area contributed by atoms with Gasteiger partial charge in [0.15, 0.2) is 0 Å². The van der Waals surface area contributed by atoms with E-state index in [1.165, 1.54) is 0 Å². The van der Waals surface area contributed by atoms with E-state index in [0.29, 0.717) is 11.3 Å². The third kappa shape index (κ3) is 8.68. The SMILES string of the molecule is Cc1cccc(C(C(=O)Nc2c(C)cccc2C)N(C(=O)C(Cc2ccccc2)NC(=O)OC(C)(C)C)C(C)(C)C)c1. The fourth-order valence-electron chi connectivity index (χ4n) is 4.97. The highest BCUT2D eigenvalue weighted by atomic mass is 16.6. The Morgan fingerprint density at radius 2 is 1.40 bits per heavy atom. The van der Waals surface area contributed by atoms with Crippen molar-refractivity contribution in [3.8, 4) is 0 Å². The number of nitrogens with zero attached hydrogens (tertiary/aromatic N) is 1. The molecule has 7 heteroatoms. The zero-order valence-corrected chi connectivity index (χ0v) is 26.4. The van der Waals surface area contributed by atoms with E-state index in [1.807, 2.05) is 114 Å². The number of alkyl carbamates (subject to hydrolysis) is 1. The van der Waals surface area contributed by atoms with Gasteiger partial charge in [-0.3, -0.25) is 9.59 Å². The van der Waals surface area contributed by atoms with E-state index in [2.05, 4.69) is 10.6 Å². The topological polar surface area (TPSA) is 87.7 Å². The number of carbonyl (C=O) groups excluding carboxylic acids is 3. The van der Waals surface area contributed by atoms with Crippen LogP contribution in [-0.4, -0.2) is 40.0 Å². The Hall–Kier alpha value is -4.13. The third-order valence-corrected chi connectivity index (χ3v) is 6.83. The van der Waals surface area contributed by atoms with E-state index in [1.54, 1.807) is 25.7 Å². The fraction of sp³-hybridized carbons (Fsp3) is 0.400. The summed E-state index contributed by atoms with van der Waals surface area (Å²) in [6, 6.07) is 21.0. The Bertz CT molecular complexity index is 1380. The van der Waals surface area contributed by atoms with Gasteiger partial charge in [0.1, 0.15) is 17.7 Å². The Labute approximate surface area is 250 Å². The van der Waals surface area contributed by atoms with E-state index in [0.717, 1.165) is 22.3 Å². The molecule has 3 amide bonds. The Kier molecular flexibility index (Phi) is 10.2. The molecule has 7 nitrogen and oxygen atoms in total. The Morgan fingerprint density at radius 3 is 1.95 bits per heavy atom. The minimum absolute atomic E-state index is 0.227. The number of hydrogen-bond acceptors (Lipinski definition) is 4. The Morgan fingerprint density at radius 1 is 0.810 bits per heavy atom. The summed E-state index contributed by atoms with van der Waals surface area (Å²) in [4.78, 5) is 43.5. The molecule has 42 heavy (non-hydrogen) atoms. The highest BCUT2D eigenvalue weighted by Crippen LogP contribution is 2.33. The minimum Gasteiger partial charge on any atom is -0.444 e. The highest BCUT2D eigenvalue weighted by molar-refractivity contribution is 6.00. The first-order valence-electron chi connectivity index (χ1n) is 14.4. The quantitative estimate of drug-likeness (QED) is 0.303. The van der Waals surface area contributed by atoms with E-state index < -0.39 is 29.3 Å². The molecule has 0 aromatic heterocycles. The van der Waals surface area contributed by atoms with Crippen LogP contribution in [0.25, 0.3) is 0 Å². The lowest BCUT2D eigenvalue weighted by Crippen LogP contribution is -2.58. The first-order valence-corrected chi connectivity index (χ1v) is 14.4. The van der Waals surface area contributed by atoms with Crippen LogP contribution in [0.15, 0.2) is 72.8 Å². The summed E-state index contributed by atoms with van der Waals surface area (Å²) >= 11 is 0. The van der Waals surface area contributed by atoms with Crippen LogP contribution < -0.4 is 10.6 Å². The number of anilines is 1. The van der Waals surface area contributed by atoms with Crippen LogP contribution in [0.1, 0.15) is 75.4 Å². The fourth-order valence-corrected chi connectivity index (χ4v) is 4.97. The molecule has 224 valence electrons. The summed E-state index contributed by atoms with van der Waals surface area (Å²) in [7, 11) is 0. The molecule has 2 unspecified atom stereocenters. The van der Waals surface area contributed by atoms with Gasteiger partial charge < -0.3 is 20.3 Å². The summed E-state index contributed by atoms with van der Waals surface area (Å²) in [5.74, 6) is -0.725. The van der Waals surface area contributed by atoms with Crippen LogP contribution in [0.3, 0.4) is 0 Å². The second kappa shape index (κ2) is 13.2. The molecule has 0 saturated heterocycles. The smallest absolute Gasteiger partial charge is 0.408 e. The molecule has 0 radical (unpaired) electrons. The molecule has 0 aliphatic heterocycles. The predicted octanol–water partition coefficient (Wildman–Crippen LogP) is 7.05. The van der Waals surface area contributed by atoms with Gasteiger partial charge in [-0.05, 0) is 84.6 Å². The monoisotopic (exact) mass is 571 g/mol. The predicted molar refractivity (Wildman–Crippen MR) is 168 cm³/mol. The zero-order chi connectivity index (χ0) is 31.2. The lowest BCUT2D eigenvalue weighted by Gasteiger charge is -2.43. The molecular weight excluding hydrogens is 526 g/mol. The van der Waals surface area contributed by atoms with E-state index >= 15 is 0 Å². The van der Waals surface area contributed by atoms with E-state index in [9.17, 15) is 14.4 Å². The number of hydrogen-bond donors (Lipinski definition) is 2. The van der Waals surface area contributed by atoms with E-state index in [-0.39, 0.29) is 18.2 Å². The Balaban J connectivity index is 2.13. The normalized spacial score (nSPS) is 13.1. The zero-order valence-electron chi connectivity index (χ0n) is 26.4. The molecule has 0 aliphatic carbocycles. The van der Waals surface area contributed by atoms with Gasteiger partial charge in [0.05, 0.1) is 0 Å². The van der Waals surface area contributed by atoms with Crippen molar-refractivity contribution in [3.63, 3.8) is 0 Å². The number of benzene rings is 3. The van der Waals surface area contributed by atoms with Gasteiger partial charge >= 0.3 is 6.09 Å². The minimum atomic E-state index is -0.984. The summed E-state index contributed by atoms with van der Waals surface area (Å²) in [5, 5.41) is 5.93. The molecule has 0 aliphatic rings. The number of para-hydroxylation sites is 1. The summed E-state index contributed by atoms with van der Waals surface area (Å²) < 4.78 is 5.54. The number of nitrogens with one attached hydrogen (secondary N) is 2. The van der Waals surface area contributed by atoms with Crippen molar-refractivity contribution in [2.45, 2.75) is 92.0 Å². The van der Waals surface area contributed by atoms with Gasteiger partial charge in [0, 0.05) is 17.6 Å². The number of ether oxygens (including phenoxy) is 1. The van der Waals surface area contributed by atoms with Gasteiger partial charge in [-0.2, -0.15) is 0 Å². The first kappa shape index (κ1) is 32.4. The van der Waals surface area contributed by atoms with Gasteiger partial charge in [0.2, 0.25) is 5.91 Å². The van der Waals surface area contributed by atoms with Crippen LogP contribution in [0.5, 0.6) is 0 Å². The van der Waals surface area contributed by atoms with Crippen molar-refractivity contribution in [1.82, 2.24) is 10.2 Å².